The number of amides is 4. The average Bonchev–Trinajstić information content (AvgIpc) is 3.30. The van der Waals surface area contributed by atoms with Crippen LogP contribution in [0.2, 0.25) is 0 Å². The van der Waals surface area contributed by atoms with E-state index in [1.54, 1.807) is 6.92 Å². The highest BCUT2D eigenvalue weighted by Gasteiger charge is 2.50. The number of carbonyl (C=O) groups is 4. The van der Waals surface area contributed by atoms with Gasteiger partial charge in [0.1, 0.15) is 17.1 Å². The van der Waals surface area contributed by atoms with Gasteiger partial charge in [-0.25, -0.2) is 0 Å². The summed E-state index contributed by atoms with van der Waals surface area (Å²) in [5.74, 6) is -0.749. The van der Waals surface area contributed by atoms with Gasteiger partial charge in [-0.05, 0) is 19.8 Å². The number of likely N-dealkylation sites (tertiary alicyclic amines) is 2. The van der Waals surface area contributed by atoms with Crippen LogP contribution in [0, 0.1) is 22.9 Å². The second-order valence-corrected chi connectivity index (χ2v) is 7.62. The molecule has 0 radical (unpaired) electrons. The molecule has 4 rings (SSSR count). The molecular formula is C17H22N8O4. The van der Waals surface area contributed by atoms with Crippen LogP contribution in [0.1, 0.15) is 19.8 Å². The van der Waals surface area contributed by atoms with Crippen LogP contribution in [0.5, 0.6) is 0 Å². The lowest BCUT2D eigenvalue weighted by atomic mass is 9.93. The third-order valence-corrected chi connectivity index (χ3v) is 5.58. The molecule has 0 aromatic rings. The maximum atomic E-state index is 11.8. The molecule has 2 spiro atoms. The van der Waals surface area contributed by atoms with Gasteiger partial charge in [-0.1, -0.05) is 0 Å². The molecule has 4 saturated heterocycles. The summed E-state index contributed by atoms with van der Waals surface area (Å²) in [6.07, 6.45) is 4.95. The van der Waals surface area contributed by atoms with Crippen molar-refractivity contribution in [2.75, 3.05) is 32.7 Å². The lowest BCUT2D eigenvalue weighted by Crippen LogP contribution is -2.69. The number of nitrogens with one attached hydrogen (secondary N) is 4. The zero-order valence-electron chi connectivity index (χ0n) is 15.9. The number of nitrogens with zero attached hydrogens (tertiary/aromatic N) is 4. The fourth-order valence-corrected chi connectivity index (χ4v) is 3.86. The van der Waals surface area contributed by atoms with E-state index >= 15 is 0 Å². The number of nitriles is 2. The number of rotatable bonds is 0. The molecule has 4 N–H and O–H groups in total. The van der Waals surface area contributed by atoms with Gasteiger partial charge < -0.3 is 31.1 Å². The molecule has 0 saturated carbocycles. The number of piperazine rings is 2. The Labute approximate surface area is 167 Å². The van der Waals surface area contributed by atoms with E-state index in [-0.39, 0.29) is 43.3 Å². The van der Waals surface area contributed by atoms with Crippen molar-refractivity contribution in [1.82, 2.24) is 31.1 Å². The van der Waals surface area contributed by atoms with Gasteiger partial charge >= 0.3 is 0 Å². The van der Waals surface area contributed by atoms with Gasteiger partial charge in [0.05, 0.1) is 19.6 Å². The Morgan fingerprint density at radius 3 is 2.00 bits per heavy atom. The molecule has 2 unspecified atom stereocenters. The Morgan fingerprint density at radius 1 is 0.931 bits per heavy atom. The topological polar surface area (TPSA) is 170 Å². The molecule has 154 valence electrons. The SMILES string of the molecule is C[C@H]1NC(=O)C2(CCN(C#N)C2)NC1=O.N#CN1CCC2(C1)NC(=O)CNC2=O. The van der Waals surface area contributed by atoms with Gasteiger partial charge in [0.15, 0.2) is 12.4 Å². The van der Waals surface area contributed by atoms with E-state index in [0.717, 1.165) is 0 Å². The molecule has 12 nitrogen and oxygen atoms in total. The molecule has 0 aliphatic carbocycles. The molecular weight excluding hydrogens is 380 g/mol. The molecule has 4 amide bonds. The molecule has 0 aromatic heterocycles. The summed E-state index contributed by atoms with van der Waals surface area (Å²) in [6, 6.07) is -0.487. The maximum Gasteiger partial charge on any atom is 0.248 e. The van der Waals surface area contributed by atoms with Crippen molar-refractivity contribution in [3.8, 4) is 12.4 Å². The van der Waals surface area contributed by atoms with Crippen LogP contribution >= 0.6 is 0 Å². The van der Waals surface area contributed by atoms with Gasteiger partial charge in [-0.3, -0.25) is 19.2 Å². The van der Waals surface area contributed by atoms with E-state index in [2.05, 4.69) is 21.3 Å². The molecule has 3 atom stereocenters. The molecule has 0 aromatic carbocycles. The van der Waals surface area contributed by atoms with E-state index < -0.39 is 17.1 Å². The predicted octanol–water partition coefficient (Wildman–Crippen LogP) is -3.30. The monoisotopic (exact) mass is 402 g/mol. The van der Waals surface area contributed by atoms with Crippen molar-refractivity contribution in [3.63, 3.8) is 0 Å². The fraction of sp³-hybridized carbons (Fsp3) is 0.647. The van der Waals surface area contributed by atoms with Crippen molar-refractivity contribution in [1.29, 1.82) is 10.5 Å². The minimum absolute atomic E-state index is 0.0349. The Kier molecular flexibility index (Phi) is 5.20. The van der Waals surface area contributed by atoms with Crippen LogP contribution in [0.15, 0.2) is 0 Å². The third-order valence-electron chi connectivity index (χ3n) is 5.58. The van der Waals surface area contributed by atoms with Gasteiger partial charge in [-0.2, -0.15) is 10.5 Å². The summed E-state index contributed by atoms with van der Waals surface area (Å²) >= 11 is 0. The minimum Gasteiger partial charge on any atom is -0.345 e. The fourth-order valence-electron chi connectivity index (χ4n) is 3.86. The predicted molar refractivity (Wildman–Crippen MR) is 96.0 cm³/mol. The van der Waals surface area contributed by atoms with Crippen LogP contribution in [-0.2, 0) is 19.2 Å². The molecule has 4 aliphatic heterocycles. The van der Waals surface area contributed by atoms with Crippen molar-refractivity contribution in [2.24, 2.45) is 0 Å². The van der Waals surface area contributed by atoms with E-state index in [1.807, 2.05) is 12.4 Å². The summed E-state index contributed by atoms with van der Waals surface area (Å²) in [6.45, 7) is 3.25. The highest BCUT2D eigenvalue weighted by atomic mass is 16.2. The van der Waals surface area contributed by atoms with E-state index in [1.165, 1.54) is 9.80 Å². The van der Waals surface area contributed by atoms with Crippen LogP contribution in [0.3, 0.4) is 0 Å². The van der Waals surface area contributed by atoms with Crippen LogP contribution < -0.4 is 21.3 Å². The Morgan fingerprint density at radius 2 is 1.48 bits per heavy atom. The maximum absolute atomic E-state index is 11.8. The zero-order valence-corrected chi connectivity index (χ0v) is 15.9. The second kappa shape index (κ2) is 7.47. The summed E-state index contributed by atoms with van der Waals surface area (Å²) in [5, 5.41) is 27.9. The van der Waals surface area contributed by atoms with Gasteiger partial charge in [0.25, 0.3) is 0 Å². The normalized spacial score (nSPS) is 33.1. The number of hydrogen-bond acceptors (Lipinski definition) is 8. The van der Waals surface area contributed by atoms with Crippen molar-refractivity contribution in [2.45, 2.75) is 36.9 Å². The lowest BCUT2D eigenvalue weighted by Gasteiger charge is -2.35. The Hall–Kier alpha value is -3.54. The largest absolute Gasteiger partial charge is 0.345 e. The molecule has 12 heteroatoms. The summed E-state index contributed by atoms with van der Waals surface area (Å²) in [4.78, 5) is 48.9. The van der Waals surface area contributed by atoms with E-state index in [9.17, 15) is 19.2 Å². The standard InChI is InChI=1S/C9H12N4O2.C8H10N4O2/c1-6-7(14)12-9(8(15)11-6)2-3-13(4-9)5-10;9-5-12-2-1-8(4-12)7(14)10-3-6(13)11-8/h6H,2-4H2,1H3,(H,11,15)(H,12,14);1-4H2,(H,10,14)(H,11,13)/t6-,9?;/m1./s1. The van der Waals surface area contributed by atoms with Crippen LogP contribution in [-0.4, -0.2) is 83.3 Å². The molecule has 4 heterocycles. The van der Waals surface area contributed by atoms with E-state index in [4.69, 9.17) is 10.5 Å². The van der Waals surface area contributed by atoms with Gasteiger partial charge in [-0.15, -0.1) is 0 Å². The zero-order chi connectivity index (χ0) is 21.2. The van der Waals surface area contributed by atoms with Crippen LogP contribution in [0.25, 0.3) is 0 Å². The molecule has 4 aliphatic rings. The molecule has 4 fully saturated rings. The van der Waals surface area contributed by atoms with Crippen molar-refractivity contribution in [3.05, 3.63) is 0 Å². The number of carbonyl (C=O) groups excluding carboxylic acids is 4. The van der Waals surface area contributed by atoms with E-state index in [0.29, 0.717) is 25.9 Å². The highest BCUT2D eigenvalue weighted by Crippen LogP contribution is 2.24. The summed E-state index contributed by atoms with van der Waals surface area (Å²) in [5.41, 5.74) is -1.76. The quantitative estimate of drug-likeness (QED) is 0.305. The lowest BCUT2D eigenvalue weighted by molar-refractivity contribution is -0.140. The van der Waals surface area contributed by atoms with Crippen LogP contribution in [0.4, 0.5) is 0 Å². The summed E-state index contributed by atoms with van der Waals surface area (Å²) < 4.78 is 0. The smallest absolute Gasteiger partial charge is 0.248 e. The Bertz CT molecular complexity index is 832. The first kappa shape index (κ1) is 20.2. The first-order chi connectivity index (χ1) is 13.7. The number of hydrogen-bond donors (Lipinski definition) is 4. The third kappa shape index (κ3) is 3.74. The first-order valence-corrected chi connectivity index (χ1v) is 9.25. The highest BCUT2D eigenvalue weighted by molar-refractivity contribution is 6.00. The van der Waals surface area contributed by atoms with Crippen molar-refractivity contribution >= 4 is 23.6 Å². The second-order valence-electron chi connectivity index (χ2n) is 7.62. The Balaban J connectivity index is 0.000000166. The first-order valence-electron chi connectivity index (χ1n) is 9.25. The van der Waals surface area contributed by atoms with Gasteiger partial charge in [0, 0.05) is 13.1 Å². The summed E-state index contributed by atoms with van der Waals surface area (Å²) in [7, 11) is 0. The minimum atomic E-state index is -0.890. The molecule has 0 bridgehead atoms. The average molecular weight is 402 g/mol. The van der Waals surface area contributed by atoms with Gasteiger partial charge in [0.2, 0.25) is 23.6 Å². The van der Waals surface area contributed by atoms with Crippen molar-refractivity contribution < 1.29 is 19.2 Å². The molecule has 29 heavy (non-hydrogen) atoms.